The molecule has 0 aliphatic heterocycles. The Balaban J connectivity index is 0.000000492. The fourth-order valence-corrected chi connectivity index (χ4v) is 2.18. The summed E-state index contributed by atoms with van der Waals surface area (Å²) in [5.41, 5.74) is 3.28. The van der Waals surface area contributed by atoms with E-state index < -0.39 is 0 Å². The topological polar surface area (TPSA) is 0 Å². The van der Waals surface area contributed by atoms with E-state index in [1.807, 2.05) is 0 Å². The van der Waals surface area contributed by atoms with Crippen molar-refractivity contribution in [2.24, 2.45) is 0 Å². The summed E-state index contributed by atoms with van der Waals surface area (Å²) < 4.78 is 0. The third-order valence-electron chi connectivity index (χ3n) is 2.53. The van der Waals surface area contributed by atoms with Crippen LogP contribution in [0.1, 0.15) is 16.8 Å². The number of hydrogen-bond donors (Lipinski definition) is 0. The van der Waals surface area contributed by atoms with Crippen LogP contribution in [0.15, 0.2) is 60.7 Å². The summed E-state index contributed by atoms with van der Waals surface area (Å²) in [4.78, 5) is 0. The predicted octanol–water partition coefficient (Wildman–Crippen LogP) is 5.22. The van der Waals surface area contributed by atoms with Crippen molar-refractivity contribution in [3.63, 3.8) is 0 Å². The average molecular weight is 392 g/mol. The van der Waals surface area contributed by atoms with Crippen LogP contribution in [-0.2, 0) is 22.4 Å². The van der Waals surface area contributed by atoms with Crippen LogP contribution in [0.25, 0.3) is 0 Å². The summed E-state index contributed by atoms with van der Waals surface area (Å²) in [5, 5.41) is 0. The Kier molecular flexibility index (Phi) is 8.95. The Morgan fingerprint density at radius 2 is 1.33 bits per heavy atom. The maximum absolute atomic E-state index is 4.81. The molecule has 0 spiro atoms. The summed E-state index contributed by atoms with van der Waals surface area (Å²) in [6, 6.07) is 21.2. The van der Waals surface area contributed by atoms with Crippen LogP contribution in [0.4, 0.5) is 0 Å². The molecule has 0 N–H and O–H groups in total. The van der Waals surface area contributed by atoms with E-state index in [2.05, 4.69) is 69.9 Å². The molecule has 0 aliphatic carbocycles. The molecule has 0 aromatic heterocycles. The van der Waals surface area contributed by atoms with Gasteiger partial charge < -0.3 is 0 Å². The molecule has 100 valence electrons. The molecule has 2 aromatic carbocycles. The summed E-state index contributed by atoms with van der Waals surface area (Å²) in [6.07, 6.45) is 1.08. The monoisotopic (exact) mass is 390 g/mol. The van der Waals surface area contributed by atoms with Crippen LogP contribution in [0.3, 0.4) is 0 Å². The van der Waals surface area contributed by atoms with E-state index in [-0.39, 0.29) is 15.9 Å². The normalized spacial score (nSPS) is 11.5. The molecular formula is C14H15Cl2PPd. The van der Waals surface area contributed by atoms with Gasteiger partial charge in [0.05, 0.1) is 0 Å². The fourth-order valence-electron chi connectivity index (χ4n) is 1.69. The van der Waals surface area contributed by atoms with Gasteiger partial charge in [-0.25, -0.2) is 0 Å². The van der Waals surface area contributed by atoms with Gasteiger partial charge in [0.2, 0.25) is 0 Å². The molecule has 0 aliphatic rings. The quantitative estimate of drug-likeness (QED) is 0.497. The summed E-state index contributed by atoms with van der Waals surface area (Å²) in [7, 11) is 12.5. The molecular weight excluding hydrogens is 376 g/mol. The van der Waals surface area contributed by atoms with Gasteiger partial charge in [-0.05, 0) is 17.5 Å². The van der Waals surface area contributed by atoms with E-state index in [0.29, 0.717) is 5.66 Å². The molecule has 0 heterocycles. The van der Waals surface area contributed by atoms with Gasteiger partial charge in [-0.3, -0.25) is 0 Å². The van der Waals surface area contributed by atoms with E-state index in [9.17, 15) is 0 Å². The van der Waals surface area contributed by atoms with E-state index in [1.54, 1.807) is 0 Å². The van der Waals surface area contributed by atoms with Crippen molar-refractivity contribution in [1.82, 2.24) is 0 Å². The van der Waals surface area contributed by atoms with Crippen molar-refractivity contribution in [2.75, 3.05) is 0 Å². The minimum absolute atomic E-state index is 0.106. The summed E-state index contributed by atoms with van der Waals surface area (Å²) in [6.45, 7) is 0. The molecule has 0 fully saturated rings. The molecule has 0 bridgehead atoms. The van der Waals surface area contributed by atoms with Gasteiger partial charge in [0.15, 0.2) is 0 Å². The van der Waals surface area contributed by atoms with E-state index >= 15 is 0 Å². The number of rotatable bonds is 3. The zero-order chi connectivity index (χ0) is 13.2. The van der Waals surface area contributed by atoms with Crippen LogP contribution in [0.5, 0.6) is 0 Å². The predicted molar refractivity (Wildman–Crippen MR) is 80.7 cm³/mol. The van der Waals surface area contributed by atoms with Crippen molar-refractivity contribution >= 4 is 28.3 Å². The van der Waals surface area contributed by atoms with Gasteiger partial charge in [-0.2, -0.15) is 0 Å². The van der Waals surface area contributed by atoms with Crippen molar-refractivity contribution in [2.45, 2.75) is 12.1 Å². The molecule has 4 heteroatoms. The molecule has 0 nitrogen and oxygen atoms in total. The Hall–Kier alpha value is 0.112. The van der Waals surface area contributed by atoms with E-state index in [0.717, 1.165) is 6.42 Å². The van der Waals surface area contributed by atoms with Crippen molar-refractivity contribution in [1.29, 1.82) is 0 Å². The Labute approximate surface area is 127 Å². The number of benzene rings is 2. The van der Waals surface area contributed by atoms with Gasteiger partial charge in [-0.1, -0.05) is 60.7 Å². The molecule has 0 saturated heterocycles. The summed E-state index contributed by atoms with van der Waals surface area (Å²) in [5.74, 6) is 0. The van der Waals surface area contributed by atoms with E-state index in [1.165, 1.54) is 11.1 Å². The second kappa shape index (κ2) is 9.97. The molecule has 0 amide bonds. The van der Waals surface area contributed by atoms with Gasteiger partial charge in [-0.15, -0.1) is 9.24 Å². The summed E-state index contributed by atoms with van der Waals surface area (Å²) >= 11 is -0.106. The van der Waals surface area contributed by atoms with E-state index in [4.69, 9.17) is 19.1 Å². The van der Waals surface area contributed by atoms with Crippen LogP contribution in [0, 0.1) is 0 Å². The SMILES string of the molecule is PC(Cc1ccccc1)c1ccccc1.[Cl][Pd][Cl]. The molecule has 2 aromatic rings. The first kappa shape index (κ1) is 16.2. The van der Waals surface area contributed by atoms with Crippen LogP contribution in [-0.4, -0.2) is 0 Å². The second-order valence-electron chi connectivity index (χ2n) is 3.75. The van der Waals surface area contributed by atoms with Gasteiger partial charge >= 0.3 is 35.0 Å². The first-order valence-electron chi connectivity index (χ1n) is 5.44. The zero-order valence-corrected chi connectivity index (χ0v) is 13.9. The van der Waals surface area contributed by atoms with Crippen LogP contribution >= 0.6 is 28.3 Å². The first-order chi connectivity index (χ1) is 8.77. The molecule has 0 saturated carbocycles. The molecule has 2 rings (SSSR count). The fraction of sp³-hybridized carbons (Fsp3) is 0.143. The van der Waals surface area contributed by atoms with Crippen molar-refractivity contribution < 1.29 is 15.9 Å². The third kappa shape index (κ3) is 6.33. The average Bonchev–Trinajstić information content (AvgIpc) is 2.42. The van der Waals surface area contributed by atoms with Gasteiger partial charge in [0.25, 0.3) is 0 Å². The Morgan fingerprint density at radius 1 is 0.889 bits per heavy atom. The number of hydrogen-bond acceptors (Lipinski definition) is 0. The van der Waals surface area contributed by atoms with Gasteiger partial charge in [0, 0.05) is 5.66 Å². The molecule has 0 radical (unpaired) electrons. The maximum atomic E-state index is 4.81. The van der Waals surface area contributed by atoms with Crippen molar-refractivity contribution in [3.05, 3.63) is 71.8 Å². The zero-order valence-electron chi connectivity index (χ0n) is 9.71. The van der Waals surface area contributed by atoms with Crippen LogP contribution in [0.2, 0.25) is 0 Å². The molecule has 2 atom stereocenters. The minimum atomic E-state index is -0.106. The molecule has 18 heavy (non-hydrogen) atoms. The van der Waals surface area contributed by atoms with Crippen molar-refractivity contribution in [3.8, 4) is 0 Å². The third-order valence-corrected chi connectivity index (χ3v) is 3.15. The number of halogens is 2. The Morgan fingerprint density at radius 3 is 1.83 bits per heavy atom. The Bertz CT molecular complexity index is 422. The standard InChI is InChI=1S/C14H15P.2ClH.Pd/c15-14(13-9-5-2-6-10-13)11-12-7-3-1-4-8-12;;;/h1-10,14H,11,15H2;2*1H;/q;;;+2/p-2. The molecule has 2 unspecified atom stereocenters. The van der Waals surface area contributed by atoms with Crippen LogP contribution < -0.4 is 0 Å². The first-order valence-corrected chi connectivity index (χ1v) is 10.1. The van der Waals surface area contributed by atoms with Gasteiger partial charge in [0.1, 0.15) is 0 Å². The second-order valence-corrected chi connectivity index (χ2v) is 6.92.